The highest BCUT2D eigenvalue weighted by atomic mass is 19.4. The largest absolute Gasteiger partial charge is 0.416 e. The predicted octanol–water partition coefficient (Wildman–Crippen LogP) is 6.74. The van der Waals surface area contributed by atoms with Crippen molar-refractivity contribution < 1.29 is 13.2 Å². The molecule has 0 amide bonds. The smallest absolute Gasteiger partial charge is 0.166 e. The second-order valence-corrected chi connectivity index (χ2v) is 6.56. The molecule has 0 aliphatic heterocycles. The lowest BCUT2D eigenvalue weighted by molar-refractivity contribution is -0.138. The van der Waals surface area contributed by atoms with Crippen LogP contribution in [0.3, 0.4) is 0 Å². The zero-order valence-electron chi connectivity index (χ0n) is 14.2. The molecule has 0 aliphatic rings. The molecular weight excluding hydrogens is 285 g/mol. The highest BCUT2D eigenvalue weighted by Crippen LogP contribution is 2.35. The maximum absolute atomic E-state index is 13.0. The van der Waals surface area contributed by atoms with Crippen LogP contribution in [0, 0.1) is 24.7 Å². The average Bonchev–Trinajstić information content (AvgIpc) is 2.44. The van der Waals surface area contributed by atoms with Crippen molar-refractivity contribution in [2.24, 2.45) is 17.8 Å². The molecule has 0 spiro atoms. The van der Waals surface area contributed by atoms with Crippen LogP contribution in [-0.2, 0) is 6.18 Å². The van der Waals surface area contributed by atoms with Crippen molar-refractivity contribution in [1.29, 1.82) is 0 Å². The number of allylic oxidation sites excluding steroid dienone is 1. The van der Waals surface area contributed by atoms with E-state index in [2.05, 4.69) is 34.3 Å². The highest BCUT2D eigenvalue weighted by molar-refractivity contribution is 5.64. The molecule has 1 aromatic rings. The van der Waals surface area contributed by atoms with Crippen molar-refractivity contribution in [3.05, 3.63) is 41.5 Å². The summed E-state index contributed by atoms with van der Waals surface area (Å²) in [6, 6.07) is 4.51. The van der Waals surface area contributed by atoms with Crippen LogP contribution in [-0.4, -0.2) is 0 Å². The second-order valence-electron chi connectivity index (χ2n) is 6.56. The molecule has 0 N–H and O–H groups in total. The molecule has 0 heterocycles. The van der Waals surface area contributed by atoms with Gasteiger partial charge in [0.25, 0.3) is 0 Å². The second kappa shape index (κ2) is 7.34. The first-order valence-corrected chi connectivity index (χ1v) is 7.93. The number of aryl methyl sites for hydroxylation is 1. The lowest BCUT2D eigenvalue weighted by Crippen LogP contribution is -2.16. The van der Waals surface area contributed by atoms with Crippen LogP contribution in [0.15, 0.2) is 24.8 Å². The van der Waals surface area contributed by atoms with Gasteiger partial charge in [0.2, 0.25) is 0 Å². The minimum absolute atomic E-state index is 0.255. The van der Waals surface area contributed by atoms with E-state index in [1.165, 1.54) is 19.1 Å². The van der Waals surface area contributed by atoms with Gasteiger partial charge in [-0.05, 0) is 53.9 Å². The van der Waals surface area contributed by atoms with Crippen LogP contribution in [0.2, 0.25) is 0 Å². The monoisotopic (exact) mass is 312 g/mol. The van der Waals surface area contributed by atoms with Gasteiger partial charge in [-0.25, -0.2) is 0 Å². The molecule has 0 bridgehead atoms. The molecule has 0 aromatic heterocycles. The molecule has 0 radical (unpaired) electrons. The summed E-state index contributed by atoms with van der Waals surface area (Å²) < 4.78 is 39.0. The zero-order valence-corrected chi connectivity index (χ0v) is 14.2. The van der Waals surface area contributed by atoms with Crippen LogP contribution < -0.4 is 0 Å². The summed E-state index contributed by atoms with van der Waals surface area (Å²) >= 11 is 0. The summed E-state index contributed by atoms with van der Waals surface area (Å²) in [5.74, 6) is 1.53. The van der Waals surface area contributed by atoms with E-state index < -0.39 is 11.7 Å². The first-order valence-electron chi connectivity index (χ1n) is 7.93. The van der Waals surface area contributed by atoms with E-state index in [4.69, 9.17) is 0 Å². The Bertz CT molecular complexity index is 514. The van der Waals surface area contributed by atoms with Crippen molar-refractivity contribution in [2.75, 3.05) is 0 Å². The molecule has 0 saturated carbocycles. The fraction of sp³-hybridized carbons (Fsp3) is 0.579. The van der Waals surface area contributed by atoms with Gasteiger partial charge in [-0.15, -0.1) is 0 Å². The van der Waals surface area contributed by atoms with E-state index in [-0.39, 0.29) is 5.56 Å². The van der Waals surface area contributed by atoms with Gasteiger partial charge >= 0.3 is 6.18 Å². The van der Waals surface area contributed by atoms with Crippen LogP contribution in [0.25, 0.3) is 5.57 Å². The number of hydrogen-bond donors (Lipinski definition) is 0. The van der Waals surface area contributed by atoms with Crippen molar-refractivity contribution in [2.45, 2.75) is 53.6 Å². The number of rotatable bonds is 6. The Morgan fingerprint density at radius 2 is 1.73 bits per heavy atom. The predicted molar refractivity (Wildman–Crippen MR) is 87.6 cm³/mol. The molecule has 1 aromatic carbocycles. The van der Waals surface area contributed by atoms with E-state index in [9.17, 15) is 13.2 Å². The molecule has 1 unspecified atom stereocenters. The fourth-order valence-corrected chi connectivity index (χ4v) is 2.77. The molecule has 0 aliphatic carbocycles. The Kier molecular flexibility index (Phi) is 6.27. The molecule has 0 saturated heterocycles. The van der Waals surface area contributed by atoms with Crippen molar-refractivity contribution in [1.82, 2.24) is 0 Å². The molecule has 0 nitrogen and oxygen atoms in total. The van der Waals surface area contributed by atoms with Gasteiger partial charge in [-0.2, -0.15) is 13.2 Å². The summed E-state index contributed by atoms with van der Waals surface area (Å²) in [5, 5.41) is 0. The molecule has 1 rings (SSSR count). The SMILES string of the molecule is C=C(C[C@H](C)C(C)[C@H](C)CC)c1ccc(C)c(C(F)(F)F)c1. The van der Waals surface area contributed by atoms with Crippen LogP contribution >= 0.6 is 0 Å². The third kappa shape index (κ3) is 4.62. The topological polar surface area (TPSA) is 0 Å². The molecule has 0 fully saturated rings. The van der Waals surface area contributed by atoms with Crippen LogP contribution in [0.4, 0.5) is 13.2 Å². The Balaban J connectivity index is 2.91. The maximum Gasteiger partial charge on any atom is 0.416 e. The number of hydrogen-bond acceptors (Lipinski definition) is 0. The van der Waals surface area contributed by atoms with Crippen molar-refractivity contribution >= 4 is 5.57 Å². The summed E-state index contributed by atoms with van der Waals surface area (Å²) in [5.41, 5.74) is 1.08. The standard InChI is InChI=1S/C19H27F3/c1-7-12(2)16(6)14(4)10-15(5)17-9-8-13(3)18(11-17)19(20,21)22/h8-9,11-12,14,16H,5,7,10H2,1-4,6H3/t12-,14+,16?/m1/s1. The van der Waals surface area contributed by atoms with E-state index in [1.807, 2.05) is 0 Å². The van der Waals surface area contributed by atoms with Gasteiger partial charge in [-0.3, -0.25) is 0 Å². The van der Waals surface area contributed by atoms with E-state index in [0.717, 1.165) is 18.4 Å². The van der Waals surface area contributed by atoms with Gasteiger partial charge < -0.3 is 0 Å². The number of alkyl halides is 3. The first kappa shape index (κ1) is 18.8. The molecular formula is C19H27F3. The minimum atomic E-state index is -4.31. The summed E-state index contributed by atoms with van der Waals surface area (Å²) in [4.78, 5) is 0. The van der Waals surface area contributed by atoms with E-state index >= 15 is 0 Å². The Hall–Kier alpha value is -1.25. The highest BCUT2D eigenvalue weighted by Gasteiger charge is 2.32. The summed E-state index contributed by atoms with van der Waals surface area (Å²) in [6.45, 7) is 14.3. The molecule has 124 valence electrons. The Labute approximate surface area is 132 Å². The van der Waals surface area contributed by atoms with Gasteiger partial charge in [0.05, 0.1) is 5.56 Å². The average molecular weight is 312 g/mol. The van der Waals surface area contributed by atoms with Crippen LogP contribution in [0.1, 0.15) is 57.2 Å². The lowest BCUT2D eigenvalue weighted by Gasteiger charge is -2.26. The van der Waals surface area contributed by atoms with Gasteiger partial charge in [0, 0.05) is 0 Å². The number of benzene rings is 1. The van der Waals surface area contributed by atoms with Crippen molar-refractivity contribution in [3.63, 3.8) is 0 Å². The summed E-state index contributed by atoms with van der Waals surface area (Å²) in [7, 11) is 0. The third-order valence-corrected chi connectivity index (χ3v) is 4.96. The third-order valence-electron chi connectivity index (χ3n) is 4.96. The molecule has 3 heteroatoms. The Morgan fingerprint density at radius 1 is 1.14 bits per heavy atom. The Morgan fingerprint density at radius 3 is 2.23 bits per heavy atom. The summed E-state index contributed by atoms with van der Waals surface area (Å²) in [6.07, 6.45) is -2.47. The fourth-order valence-electron chi connectivity index (χ4n) is 2.77. The minimum Gasteiger partial charge on any atom is -0.166 e. The van der Waals surface area contributed by atoms with Gasteiger partial charge in [0.1, 0.15) is 0 Å². The van der Waals surface area contributed by atoms with E-state index in [0.29, 0.717) is 23.3 Å². The van der Waals surface area contributed by atoms with Crippen LogP contribution in [0.5, 0.6) is 0 Å². The van der Waals surface area contributed by atoms with E-state index in [1.54, 1.807) is 6.07 Å². The maximum atomic E-state index is 13.0. The first-order chi connectivity index (χ1) is 10.1. The quantitative estimate of drug-likeness (QED) is 0.546. The van der Waals surface area contributed by atoms with Gasteiger partial charge in [-0.1, -0.05) is 52.8 Å². The molecule has 22 heavy (non-hydrogen) atoms. The molecule has 3 atom stereocenters. The zero-order chi connectivity index (χ0) is 17.1. The normalized spacial score (nSPS) is 16.2. The van der Waals surface area contributed by atoms with Gasteiger partial charge in [0.15, 0.2) is 0 Å². The lowest BCUT2D eigenvalue weighted by atomic mass is 9.79. The number of halogens is 3. The van der Waals surface area contributed by atoms with Crippen molar-refractivity contribution in [3.8, 4) is 0 Å².